The highest BCUT2D eigenvalue weighted by Crippen LogP contribution is 2.27. The Bertz CT molecular complexity index is 315. The van der Waals surface area contributed by atoms with Crippen LogP contribution in [0.1, 0.15) is 20.8 Å². The van der Waals surface area contributed by atoms with Gasteiger partial charge in [0, 0.05) is 36.5 Å². The third-order valence-electron chi connectivity index (χ3n) is 3.31. The lowest BCUT2D eigenvalue weighted by Gasteiger charge is -2.48. The predicted molar refractivity (Wildman–Crippen MR) is 69.4 cm³/mol. The van der Waals surface area contributed by atoms with Crippen LogP contribution in [0.5, 0.6) is 0 Å². The maximum atomic E-state index is 7.59. The van der Waals surface area contributed by atoms with Crippen molar-refractivity contribution in [3.8, 4) is 0 Å². The van der Waals surface area contributed by atoms with E-state index in [9.17, 15) is 0 Å². The van der Waals surface area contributed by atoms with E-state index < -0.39 is 0 Å². The fourth-order valence-corrected chi connectivity index (χ4v) is 2.29. The second kappa shape index (κ2) is 5.19. The van der Waals surface area contributed by atoms with Gasteiger partial charge in [0.25, 0.3) is 0 Å². The van der Waals surface area contributed by atoms with E-state index in [1.165, 1.54) is 5.70 Å². The third-order valence-corrected chi connectivity index (χ3v) is 3.31. The van der Waals surface area contributed by atoms with Gasteiger partial charge < -0.3 is 15.5 Å². The summed E-state index contributed by atoms with van der Waals surface area (Å²) in [6.07, 6.45) is 1.97. The maximum absolute atomic E-state index is 7.59. The fourth-order valence-electron chi connectivity index (χ4n) is 2.29. The molecule has 4 heteroatoms. The van der Waals surface area contributed by atoms with E-state index in [4.69, 9.17) is 10.1 Å². The summed E-state index contributed by atoms with van der Waals surface area (Å²) in [7, 11) is 0. The summed E-state index contributed by atoms with van der Waals surface area (Å²) in [6.45, 7) is 10.1. The Morgan fingerprint density at radius 1 is 1.41 bits per heavy atom. The zero-order valence-electron chi connectivity index (χ0n) is 11.0. The molecule has 0 aromatic rings. The number of hydrogen-bond donors (Lipinski definition) is 2. The molecule has 0 spiro atoms. The van der Waals surface area contributed by atoms with Crippen molar-refractivity contribution in [2.45, 2.75) is 32.9 Å². The summed E-state index contributed by atoms with van der Waals surface area (Å²) in [4.78, 5) is 2.48. The van der Waals surface area contributed by atoms with Crippen molar-refractivity contribution in [2.24, 2.45) is 5.92 Å². The van der Waals surface area contributed by atoms with Crippen LogP contribution in [0.3, 0.4) is 0 Å². The van der Waals surface area contributed by atoms with Crippen LogP contribution in [0, 0.1) is 11.3 Å². The van der Waals surface area contributed by atoms with Gasteiger partial charge in [-0.1, -0.05) is 0 Å². The molecule has 0 aromatic carbocycles. The largest absolute Gasteiger partial charge is 0.386 e. The minimum absolute atomic E-state index is 0.432. The van der Waals surface area contributed by atoms with Gasteiger partial charge in [-0.25, -0.2) is 0 Å². The van der Waals surface area contributed by atoms with Gasteiger partial charge in [0.1, 0.15) is 0 Å². The molecule has 0 unspecified atom stereocenters. The molecule has 2 fully saturated rings. The summed E-state index contributed by atoms with van der Waals surface area (Å²) in [6, 6.07) is 1.08. The SMILES string of the molecule is CC(=N)/C=C(\NC(C)C)C1CN(C2COC2)C1. The van der Waals surface area contributed by atoms with Gasteiger partial charge in [-0.3, -0.25) is 4.90 Å². The van der Waals surface area contributed by atoms with Crippen LogP contribution >= 0.6 is 0 Å². The fraction of sp³-hybridized carbons (Fsp3) is 0.769. The third kappa shape index (κ3) is 3.07. The zero-order valence-corrected chi connectivity index (χ0v) is 11.0. The summed E-state index contributed by atoms with van der Waals surface area (Å²) in [5, 5.41) is 11.1. The lowest BCUT2D eigenvalue weighted by Crippen LogP contribution is -2.60. The number of allylic oxidation sites excluding steroid dienone is 1. The Kier molecular flexibility index (Phi) is 3.84. The quantitative estimate of drug-likeness (QED) is 0.707. The Morgan fingerprint density at radius 2 is 2.06 bits per heavy atom. The molecule has 96 valence electrons. The molecule has 0 bridgehead atoms. The first-order valence-corrected chi connectivity index (χ1v) is 6.41. The molecule has 2 heterocycles. The Morgan fingerprint density at radius 3 is 2.47 bits per heavy atom. The van der Waals surface area contributed by atoms with E-state index in [1.54, 1.807) is 0 Å². The number of nitrogens with zero attached hydrogens (tertiary/aromatic N) is 1. The van der Waals surface area contributed by atoms with Crippen LogP contribution < -0.4 is 5.32 Å². The summed E-state index contributed by atoms with van der Waals surface area (Å²) >= 11 is 0. The van der Waals surface area contributed by atoms with Crippen molar-refractivity contribution in [1.29, 1.82) is 5.41 Å². The van der Waals surface area contributed by atoms with Gasteiger partial charge in [0.05, 0.1) is 19.3 Å². The van der Waals surface area contributed by atoms with Crippen molar-refractivity contribution in [3.63, 3.8) is 0 Å². The molecule has 0 radical (unpaired) electrons. The predicted octanol–water partition coefficient (Wildman–Crippen LogP) is 1.24. The van der Waals surface area contributed by atoms with Gasteiger partial charge >= 0.3 is 0 Å². The summed E-state index contributed by atoms with van der Waals surface area (Å²) in [5.74, 6) is 0.568. The van der Waals surface area contributed by atoms with Crippen LogP contribution in [0.2, 0.25) is 0 Å². The van der Waals surface area contributed by atoms with Gasteiger partial charge in [-0.15, -0.1) is 0 Å². The molecule has 4 nitrogen and oxygen atoms in total. The average Bonchev–Trinajstić information content (AvgIpc) is 2.03. The normalized spacial score (nSPS) is 23.4. The minimum Gasteiger partial charge on any atom is -0.386 e. The van der Waals surface area contributed by atoms with Crippen molar-refractivity contribution in [2.75, 3.05) is 26.3 Å². The standard InChI is InChI=1S/C13H23N3O/c1-9(2)15-13(4-10(3)14)11-5-16(6-11)12-7-17-8-12/h4,9,11-12,14-15H,5-8H2,1-3H3/b13-4-,14-10?. The van der Waals surface area contributed by atoms with Gasteiger partial charge in [-0.2, -0.15) is 0 Å². The van der Waals surface area contributed by atoms with E-state index in [-0.39, 0.29) is 0 Å². The molecule has 0 aliphatic carbocycles. The Labute approximate surface area is 104 Å². The van der Waals surface area contributed by atoms with Gasteiger partial charge in [0.2, 0.25) is 0 Å². The maximum Gasteiger partial charge on any atom is 0.0645 e. The molecule has 2 rings (SSSR count). The highest BCUT2D eigenvalue weighted by Gasteiger charge is 2.37. The average molecular weight is 237 g/mol. The van der Waals surface area contributed by atoms with Crippen molar-refractivity contribution < 1.29 is 4.74 Å². The highest BCUT2D eigenvalue weighted by molar-refractivity contribution is 5.90. The number of hydrogen-bond acceptors (Lipinski definition) is 4. The van der Waals surface area contributed by atoms with Crippen molar-refractivity contribution in [1.82, 2.24) is 10.2 Å². The van der Waals surface area contributed by atoms with Crippen LogP contribution in [0.15, 0.2) is 11.8 Å². The van der Waals surface area contributed by atoms with Crippen LogP contribution in [-0.2, 0) is 4.74 Å². The number of ether oxygens (including phenoxy) is 1. The molecule has 0 saturated carbocycles. The lowest BCUT2D eigenvalue weighted by atomic mass is 9.92. The molecule has 2 saturated heterocycles. The topological polar surface area (TPSA) is 48.4 Å². The van der Waals surface area contributed by atoms with Crippen LogP contribution in [0.25, 0.3) is 0 Å². The van der Waals surface area contributed by atoms with E-state index in [0.717, 1.165) is 26.3 Å². The number of nitrogens with one attached hydrogen (secondary N) is 2. The highest BCUT2D eigenvalue weighted by atomic mass is 16.5. The van der Waals surface area contributed by atoms with E-state index in [0.29, 0.717) is 23.7 Å². The first-order valence-electron chi connectivity index (χ1n) is 6.41. The van der Waals surface area contributed by atoms with Crippen molar-refractivity contribution >= 4 is 5.71 Å². The second-order valence-electron chi connectivity index (χ2n) is 5.42. The molecule has 2 aliphatic rings. The molecule has 0 aromatic heterocycles. The molecule has 17 heavy (non-hydrogen) atoms. The van der Waals surface area contributed by atoms with E-state index in [2.05, 4.69) is 24.1 Å². The van der Waals surface area contributed by atoms with E-state index >= 15 is 0 Å². The van der Waals surface area contributed by atoms with E-state index in [1.807, 2.05) is 13.0 Å². The van der Waals surface area contributed by atoms with Gasteiger partial charge in [-0.05, 0) is 26.8 Å². The van der Waals surface area contributed by atoms with Gasteiger partial charge in [0.15, 0.2) is 0 Å². The zero-order chi connectivity index (χ0) is 12.4. The Balaban J connectivity index is 1.87. The first kappa shape index (κ1) is 12.6. The lowest BCUT2D eigenvalue weighted by molar-refractivity contribution is -0.0969. The first-order chi connectivity index (χ1) is 8.06. The smallest absolute Gasteiger partial charge is 0.0645 e. The molecule has 2 N–H and O–H groups in total. The second-order valence-corrected chi connectivity index (χ2v) is 5.42. The van der Waals surface area contributed by atoms with Crippen LogP contribution in [-0.4, -0.2) is 49.0 Å². The van der Waals surface area contributed by atoms with Crippen molar-refractivity contribution in [3.05, 3.63) is 11.8 Å². The molecular weight excluding hydrogens is 214 g/mol. The molecule has 0 atom stereocenters. The number of likely N-dealkylation sites (tertiary alicyclic amines) is 1. The Hall–Kier alpha value is -0.870. The molecule has 2 aliphatic heterocycles. The number of rotatable bonds is 5. The van der Waals surface area contributed by atoms with Crippen LogP contribution in [0.4, 0.5) is 0 Å². The summed E-state index contributed by atoms with van der Waals surface area (Å²) < 4.78 is 5.21. The monoisotopic (exact) mass is 237 g/mol. The minimum atomic E-state index is 0.432. The molecule has 0 amide bonds. The molecular formula is C13H23N3O. The summed E-state index contributed by atoms with van der Waals surface area (Å²) in [5.41, 5.74) is 1.85.